The first-order valence-electron chi connectivity index (χ1n) is 6.75. The zero-order chi connectivity index (χ0) is 12.1. The molecule has 0 saturated carbocycles. The Hall–Kier alpha value is 0.540. The number of nitrogens with two attached hydrogens (primary N) is 1. The summed E-state index contributed by atoms with van der Waals surface area (Å²) < 4.78 is 0. The van der Waals surface area contributed by atoms with Gasteiger partial charge in [0.05, 0.1) is 0 Å². The Morgan fingerprint density at radius 1 is 0.625 bits per heavy atom. The third kappa shape index (κ3) is 14.5. The molecule has 3 heteroatoms. The molecule has 0 aromatic carbocycles. The summed E-state index contributed by atoms with van der Waals surface area (Å²) in [6.45, 7) is 0.849. The van der Waals surface area contributed by atoms with Crippen molar-refractivity contribution in [3.8, 4) is 0 Å². The predicted octanol–water partition coefficient (Wildman–Crippen LogP) is 5.04. The summed E-state index contributed by atoms with van der Waals surface area (Å²) in [4.78, 5) is -0.164. The molecule has 98 valence electrons. The first kappa shape index (κ1) is 16.5. The molecule has 0 spiro atoms. The maximum Gasteiger partial charge on any atom is 0.107 e. The normalized spacial score (nSPS) is 11.2. The van der Waals surface area contributed by atoms with Crippen LogP contribution < -0.4 is 5.73 Å². The summed E-state index contributed by atoms with van der Waals surface area (Å²) in [7, 11) is 0. The number of halogens is 2. The van der Waals surface area contributed by atoms with Gasteiger partial charge in [-0.2, -0.15) is 0 Å². The average Bonchev–Trinajstić information content (AvgIpc) is 2.25. The fourth-order valence-electron chi connectivity index (χ4n) is 1.86. The van der Waals surface area contributed by atoms with E-state index >= 15 is 0 Å². The average molecular weight is 268 g/mol. The fourth-order valence-corrected chi connectivity index (χ4v) is 2.17. The largest absolute Gasteiger partial charge is 0.330 e. The highest BCUT2D eigenvalue weighted by Gasteiger charge is 1.97. The summed E-state index contributed by atoms with van der Waals surface area (Å²) >= 11 is 11.3. The van der Waals surface area contributed by atoms with Gasteiger partial charge in [0, 0.05) is 0 Å². The molecule has 0 heterocycles. The van der Waals surface area contributed by atoms with E-state index in [0.29, 0.717) is 0 Å². The maximum absolute atomic E-state index is 5.66. The van der Waals surface area contributed by atoms with Crippen LogP contribution in [0.4, 0.5) is 0 Å². The van der Waals surface area contributed by atoms with Crippen LogP contribution in [0.2, 0.25) is 0 Å². The van der Waals surface area contributed by atoms with Crippen LogP contribution in [0.1, 0.15) is 70.6 Å². The molecule has 0 aromatic heterocycles. The van der Waals surface area contributed by atoms with Crippen molar-refractivity contribution in [3.05, 3.63) is 0 Å². The highest BCUT2D eigenvalue weighted by Crippen LogP contribution is 2.15. The third-order valence-electron chi connectivity index (χ3n) is 2.88. The number of unbranched alkanes of at least 4 members (excludes halogenated alkanes) is 9. The molecular formula is C13H27Cl2N. The van der Waals surface area contributed by atoms with Crippen LogP contribution in [-0.2, 0) is 0 Å². The van der Waals surface area contributed by atoms with E-state index in [1.807, 2.05) is 0 Å². The van der Waals surface area contributed by atoms with Crippen molar-refractivity contribution >= 4 is 23.2 Å². The molecule has 2 N–H and O–H groups in total. The third-order valence-corrected chi connectivity index (χ3v) is 3.31. The van der Waals surface area contributed by atoms with E-state index in [0.717, 1.165) is 13.0 Å². The Balaban J connectivity index is 2.88. The van der Waals surface area contributed by atoms with Crippen LogP contribution in [0, 0.1) is 0 Å². The standard InChI is InChI=1S/C13H27Cl2N/c14-13(15)11-9-7-5-3-1-2-4-6-8-10-12-16/h13H,1-12,16H2. The molecule has 1 nitrogen and oxygen atoms in total. The number of alkyl halides is 2. The molecule has 0 bridgehead atoms. The van der Waals surface area contributed by atoms with Gasteiger partial charge in [0.15, 0.2) is 0 Å². The minimum absolute atomic E-state index is 0.164. The molecular weight excluding hydrogens is 241 g/mol. The minimum atomic E-state index is -0.164. The lowest BCUT2D eigenvalue weighted by atomic mass is 10.1. The van der Waals surface area contributed by atoms with Gasteiger partial charge in [0.2, 0.25) is 0 Å². The second-order valence-corrected chi connectivity index (χ2v) is 5.78. The molecule has 0 aliphatic heterocycles. The van der Waals surface area contributed by atoms with Crippen LogP contribution in [0.25, 0.3) is 0 Å². The van der Waals surface area contributed by atoms with Crippen molar-refractivity contribution in [3.63, 3.8) is 0 Å². The van der Waals surface area contributed by atoms with Crippen molar-refractivity contribution in [1.29, 1.82) is 0 Å². The van der Waals surface area contributed by atoms with E-state index in [1.165, 1.54) is 64.2 Å². The summed E-state index contributed by atoms with van der Waals surface area (Å²) in [5.74, 6) is 0. The van der Waals surface area contributed by atoms with Gasteiger partial charge >= 0.3 is 0 Å². The van der Waals surface area contributed by atoms with Gasteiger partial charge in [0.1, 0.15) is 4.84 Å². The number of hydrogen-bond acceptors (Lipinski definition) is 1. The van der Waals surface area contributed by atoms with E-state index in [4.69, 9.17) is 28.9 Å². The van der Waals surface area contributed by atoms with Crippen LogP contribution in [0.3, 0.4) is 0 Å². The zero-order valence-corrected chi connectivity index (χ0v) is 11.9. The van der Waals surface area contributed by atoms with E-state index in [2.05, 4.69) is 0 Å². The lowest BCUT2D eigenvalue weighted by molar-refractivity contribution is 0.550. The van der Waals surface area contributed by atoms with Gasteiger partial charge in [-0.05, 0) is 19.4 Å². The second-order valence-electron chi connectivity index (χ2n) is 4.50. The topological polar surface area (TPSA) is 26.0 Å². The van der Waals surface area contributed by atoms with E-state index < -0.39 is 0 Å². The first-order chi connectivity index (χ1) is 7.77. The Morgan fingerprint density at radius 3 is 1.38 bits per heavy atom. The molecule has 0 aromatic rings. The molecule has 0 atom stereocenters. The molecule has 0 radical (unpaired) electrons. The number of rotatable bonds is 12. The Morgan fingerprint density at radius 2 is 1.00 bits per heavy atom. The molecule has 0 saturated heterocycles. The smallest absolute Gasteiger partial charge is 0.107 e. The molecule has 0 fully saturated rings. The van der Waals surface area contributed by atoms with Crippen molar-refractivity contribution in [1.82, 2.24) is 0 Å². The van der Waals surface area contributed by atoms with Crippen molar-refractivity contribution in [2.24, 2.45) is 5.73 Å². The number of hydrogen-bond donors (Lipinski definition) is 1. The SMILES string of the molecule is NCCCCCCCCCCCCC(Cl)Cl. The molecule has 0 rings (SSSR count). The van der Waals surface area contributed by atoms with Crippen LogP contribution in [0.15, 0.2) is 0 Å². The van der Waals surface area contributed by atoms with E-state index in [9.17, 15) is 0 Å². The summed E-state index contributed by atoms with van der Waals surface area (Å²) in [6, 6.07) is 0. The molecule has 0 unspecified atom stereocenters. The Kier molecular flexibility index (Phi) is 14.1. The minimum Gasteiger partial charge on any atom is -0.330 e. The summed E-state index contributed by atoms with van der Waals surface area (Å²) in [6.07, 6.45) is 14.1. The molecule has 0 aliphatic rings. The monoisotopic (exact) mass is 267 g/mol. The van der Waals surface area contributed by atoms with Gasteiger partial charge < -0.3 is 5.73 Å². The van der Waals surface area contributed by atoms with Crippen LogP contribution >= 0.6 is 23.2 Å². The van der Waals surface area contributed by atoms with Crippen molar-refractivity contribution in [2.75, 3.05) is 6.54 Å². The second kappa shape index (κ2) is 13.6. The molecule has 0 aliphatic carbocycles. The van der Waals surface area contributed by atoms with Gasteiger partial charge in [-0.25, -0.2) is 0 Å². The van der Waals surface area contributed by atoms with Crippen LogP contribution in [-0.4, -0.2) is 11.4 Å². The highest BCUT2D eigenvalue weighted by molar-refractivity contribution is 6.44. The van der Waals surface area contributed by atoms with Gasteiger partial charge in [-0.3, -0.25) is 0 Å². The van der Waals surface area contributed by atoms with Crippen molar-refractivity contribution in [2.45, 2.75) is 75.5 Å². The Labute approximate surface area is 111 Å². The van der Waals surface area contributed by atoms with Gasteiger partial charge in [-0.15, -0.1) is 23.2 Å². The summed E-state index contributed by atoms with van der Waals surface area (Å²) in [5, 5.41) is 0. The summed E-state index contributed by atoms with van der Waals surface area (Å²) in [5.41, 5.74) is 5.44. The van der Waals surface area contributed by atoms with Gasteiger partial charge in [0.25, 0.3) is 0 Å². The van der Waals surface area contributed by atoms with Gasteiger partial charge in [-0.1, -0.05) is 57.8 Å². The first-order valence-corrected chi connectivity index (χ1v) is 7.63. The quantitative estimate of drug-likeness (QED) is 0.389. The fraction of sp³-hybridized carbons (Fsp3) is 1.00. The lowest BCUT2D eigenvalue weighted by Crippen LogP contribution is -1.97. The highest BCUT2D eigenvalue weighted by atomic mass is 35.5. The van der Waals surface area contributed by atoms with E-state index in [-0.39, 0.29) is 4.84 Å². The van der Waals surface area contributed by atoms with E-state index in [1.54, 1.807) is 0 Å². The molecule has 0 amide bonds. The zero-order valence-electron chi connectivity index (χ0n) is 10.4. The Bertz CT molecular complexity index is 129. The molecule has 16 heavy (non-hydrogen) atoms. The van der Waals surface area contributed by atoms with Crippen molar-refractivity contribution < 1.29 is 0 Å². The lowest BCUT2D eigenvalue weighted by Gasteiger charge is -2.03. The van der Waals surface area contributed by atoms with Crippen LogP contribution in [0.5, 0.6) is 0 Å². The predicted molar refractivity (Wildman–Crippen MR) is 75.3 cm³/mol. The maximum atomic E-state index is 5.66.